The Balaban J connectivity index is 2.18. The maximum atomic E-state index is 12.4. The van der Waals surface area contributed by atoms with Gasteiger partial charge in [-0.05, 0) is 37.1 Å². The second-order valence-corrected chi connectivity index (χ2v) is 6.80. The first-order valence-electron chi connectivity index (χ1n) is 6.59. The molecular weight excluding hydrogens is 337 g/mol. The fourth-order valence-corrected chi connectivity index (χ4v) is 3.16. The molecule has 0 fully saturated rings. The first-order valence-corrected chi connectivity index (χ1v) is 8.24. The van der Waals surface area contributed by atoms with Gasteiger partial charge in [-0.15, -0.1) is 0 Å². The van der Waals surface area contributed by atoms with Crippen LogP contribution in [0.2, 0.25) is 0 Å². The summed E-state index contributed by atoms with van der Waals surface area (Å²) in [5, 5.41) is 11.9. The van der Waals surface area contributed by atoms with E-state index in [9.17, 15) is 21.6 Å². The molecule has 0 aliphatic heterocycles. The van der Waals surface area contributed by atoms with Gasteiger partial charge in [-0.2, -0.15) is 18.2 Å². The molecule has 0 unspecified atom stereocenters. The van der Waals surface area contributed by atoms with Crippen molar-refractivity contribution >= 4 is 9.84 Å². The molecule has 0 saturated heterocycles. The summed E-state index contributed by atoms with van der Waals surface area (Å²) < 4.78 is 65.3. The molecule has 0 spiro atoms. The number of halogens is 3. The number of unbranched alkanes of at least 4 members (excludes halogenated alkanes) is 1. The van der Waals surface area contributed by atoms with Gasteiger partial charge in [-0.3, -0.25) is 0 Å². The lowest BCUT2D eigenvalue weighted by Gasteiger charge is -2.04. The summed E-state index contributed by atoms with van der Waals surface area (Å²) in [4.78, 5) is 3.26. The van der Waals surface area contributed by atoms with E-state index in [0.29, 0.717) is 12.8 Å². The third-order valence-corrected chi connectivity index (χ3v) is 4.78. The molecular formula is C13H13F3N2O4S. The molecule has 1 aromatic heterocycles. The van der Waals surface area contributed by atoms with E-state index in [1.54, 1.807) is 0 Å². The van der Waals surface area contributed by atoms with Crippen molar-refractivity contribution in [3.8, 4) is 11.4 Å². The third-order valence-electron chi connectivity index (χ3n) is 2.96. The number of hydrogen-bond donors (Lipinski definition) is 1. The van der Waals surface area contributed by atoms with Gasteiger partial charge in [0.25, 0.3) is 0 Å². The number of aliphatic hydroxyl groups excluding tert-OH is 1. The van der Waals surface area contributed by atoms with Crippen LogP contribution in [0.25, 0.3) is 11.4 Å². The van der Waals surface area contributed by atoms with Gasteiger partial charge >= 0.3 is 12.1 Å². The van der Waals surface area contributed by atoms with Crippen molar-refractivity contribution in [1.29, 1.82) is 0 Å². The van der Waals surface area contributed by atoms with Crippen LogP contribution in [0.1, 0.15) is 18.7 Å². The Morgan fingerprint density at radius 3 is 2.30 bits per heavy atom. The third kappa shape index (κ3) is 4.29. The van der Waals surface area contributed by atoms with Crippen molar-refractivity contribution in [3.05, 3.63) is 30.2 Å². The minimum Gasteiger partial charge on any atom is -0.396 e. The second-order valence-electron chi connectivity index (χ2n) is 4.69. The summed E-state index contributed by atoms with van der Waals surface area (Å²) in [6.45, 7) is -0.0895. The maximum Gasteiger partial charge on any atom is 0.471 e. The summed E-state index contributed by atoms with van der Waals surface area (Å²) in [6, 6.07) is 5.16. The van der Waals surface area contributed by atoms with E-state index in [4.69, 9.17) is 5.11 Å². The first kappa shape index (κ1) is 17.4. The van der Waals surface area contributed by atoms with Crippen LogP contribution in [-0.4, -0.2) is 36.0 Å². The minimum atomic E-state index is -4.73. The molecule has 0 amide bonds. The Bertz CT molecular complexity index is 754. The van der Waals surface area contributed by atoms with Crippen LogP contribution in [0, 0.1) is 0 Å². The molecule has 0 atom stereocenters. The fourth-order valence-electron chi connectivity index (χ4n) is 1.79. The highest BCUT2D eigenvalue weighted by atomic mass is 32.2. The van der Waals surface area contributed by atoms with E-state index in [1.807, 2.05) is 0 Å². The Hall–Kier alpha value is -1.94. The van der Waals surface area contributed by atoms with Crippen molar-refractivity contribution in [1.82, 2.24) is 10.1 Å². The molecule has 2 rings (SSSR count). The Morgan fingerprint density at radius 2 is 1.78 bits per heavy atom. The molecule has 2 aromatic rings. The van der Waals surface area contributed by atoms with E-state index in [-0.39, 0.29) is 28.6 Å². The van der Waals surface area contributed by atoms with E-state index < -0.39 is 21.9 Å². The van der Waals surface area contributed by atoms with Crippen LogP contribution >= 0.6 is 0 Å². The number of hydrogen-bond acceptors (Lipinski definition) is 6. The minimum absolute atomic E-state index is 0.0405. The highest BCUT2D eigenvalue weighted by molar-refractivity contribution is 7.91. The molecule has 0 radical (unpaired) electrons. The van der Waals surface area contributed by atoms with Gasteiger partial charge in [-0.25, -0.2) is 8.42 Å². The standard InChI is InChI=1S/C13H13F3N2O4S/c14-13(15,16)12-17-11(18-22-12)9-3-5-10(6-4-9)23(20,21)8-2-1-7-19/h3-6,19H,1-2,7-8H2. The van der Waals surface area contributed by atoms with E-state index >= 15 is 0 Å². The Morgan fingerprint density at radius 1 is 1.13 bits per heavy atom. The number of rotatable bonds is 6. The van der Waals surface area contributed by atoms with Crippen molar-refractivity contribution < 1.29 is 31.2 Å². The molecule has 6 nitrogen and oxygen atoms in total. The summed E-state index contributed by atoms with van der Waals surface area (Å²) in [5.74, 6) is -1.86. The van der Waals surface area contributed by atoms with Crippen molar-refractivity contribution in [2.75, 3.05) is 12.4 Å². The van der Waals surface area contributed by atoms with Crippen LogP contribution in [0.15, 0.2) is 33.7 Å². The van der Waals surface area contributed by atoms with Gasteiger partial charge in [0.15, 0.2) is 9.84 Å². The van der Waals surface area contributed by atoms with Gasteiger partial charge in [0.1, 0.15) is 0 Å². The SMILES string of the molecule is O=S(=O)(CCCCO)c1ccc(-c2noc(C(F)(F)F)n2)cc1. The zero-order valence-corrected chi connectivity index (χ0v) is 12.6. The monoisotopic (exact) mass is 350 g/mol. The summed E-state index contributed by atoms with van der Waals surface area (Å²) in [7, 11) is -3.50. The smallest absolute Gasteiger partial charge is 0.396 e. The average Bonchev–Trinajstić information content (AvgIpc) is 2.97. The number of sulfone groups is 1. The number of aliphatic hydroxyl groups is 1. The van der Waals surface area contributed by atoms with Gasteiger partial charge in [0.05, 0.1) is 10.6 Å². The lowest BCUT2D eigenvalue weighted by Crippen LogP contribution is -2.07. The topological polar surface area (TPSA) is 93.3 Å². The van der Waals surface area contributed by atoms with Crippen LogP contribution in [0.5, 0.6) is 0 Å². The highest BCUT2D eigenvalue weighted by Gasteiger charge is 2.38. The lowest BCUT2D eigenvalue weighted by atomic mass is 10.2. The number of aromatic nitrogens is 2. The normalized spacial score (nSPS) is 12.5. The molecule has 126 valence electrons. The fraction of sp³-hybridized carbons (Fsp3) is 0.385. The summed E-state index contributed by atoms with van der Waals surface area (Å²) in [5.41, 5.74) is 0.207. The van der Waals surface area contributed by atoms with Crippen LogP contribution < -0.4 is 0 Å². The number of alkyl halides is 3. The predicted octanol–water partition coefficient (Wildman–Crippen LogP) is 2.30. The zero-order chi connectivity index (χ0) is 17.1. The van der Waals surface area contributed by atoms with Crippen molar-refractivity contribution in [3.63, 3.8) is 0 Å². The Kier molecular flexibility index (Phi) is 5.05. The second kappa shape index (κ2) is 6.67. The first-order chi connectivity index (χ1) is 10.7. The van der Waals surface area contributed by atoms with E-state index in [2.05, 4.69) is 14.7 Å². The highest BCUT2D eigenvalue weighted by Crippen LogP contribution is 2.29. The van der Waals surface area contributed by atoms with E-state index in [1.165, 1.54) is 24.3 Å². The van der Waals surface area contributed by atoms with Crippen LogP contribution in [-0.2, 0) is 16.0 Å². The molecule has 10 heteroatoms. The maximum absolute atomic E-state index is 12.4. The summed E-state index contributed by atoms with van der Waals surface area (Å²) >= 11 is 0. The molecule has 0 bridgehead atoms. The van der Waals surface area contributed by atoms with Gasteiger partial charge in [-0.1, -0.05) is 5.16 Å². The van der Waals surface area contributed by atoms with Crippen LogP contribution in [0.4, 0.5) is 13.2 Å². The van der Waals surface area contributed by atoms with Gasteiger partial charge < -0.3 is 9.63 Å². The lowest BCUT2D eigenvalue weighted by molar-refractivity contribution is -0.159. The molecule has 0 aliphatic rings. The average molecular weight is 350 g/mol. The molecule has 1 aromatic carbocycles. The van der Waals surface area contributed by atoms with Crippen molar-refractivity contribution in [2.45, 2.75) is 23.9 Å². The Labute approximate surface area is 129 Å². The molecule has 23 heavy (non-hydrogen) atoms. The van der Waals surface area contributed by atoms with Gasteiger partial charge in [0, 0.05) is 12.2 Å². The van der Waals surface area contributed by atoms with Gasteiger partial charge in [0.2, 0.25) is 5.82 Å². The predicted molar refractivity (Wildman–Crippen MR) is 73.1 cm³/mol. The number of benzene rings is 1. The molecule has 0 saturated carbocycles. The van der Waals surface area contributed by atoms with Crippen LogP contribution in [0.3, 0.4) is 0 Å². The molecule has 1 heterocycles. The largest absolute Gasteiger partial charge is 0.471 e. The number of nitrogens with zero attached hydrogens (tertiary/aromatic N) is 2. The summed E-state index contributed by atoms with van der Waals surface area (Å²) in [6.07, 6.45) is -4.04. The molecule has 0 aliphatic carbocycles. The van der Waals surface area contributed by atoms with Crippen molar-refractivity contribution in [2.24, 2.45) is 0 Å². The zero-order valence-electron chi connectivity index (χ0n) is 11.7. The molecule has 1 N–H and O–H groups in total. The van der Waals surface area contributed by atoms with E-state index in [0.717, 1.165) is 0 Å². The quantitative estimate of drug-likeness (QED) is 0.804.